The predicted octanol–water partition coefficient (Wildman–Crippen LogP) is 0.977. The number of nitrogens with two attached hydrogens (primary N) is 1. The fourth-order valence-corrected chi connectivity index (χ4v) is 1.19. The molecule has 0 aliphatic carbocycles. The minimum Gasteiger partial charge on any atom is -0.481 e. The summed E-state index contributed by atoms with van der Waals surface area (Å²) in [6.45, 7) is 9.40. The molecule has 1 atom stereocenters. The Morgan fingerprint density at radius 1 is 1.24 bits per heavy atom. The standard InChI is InChI=1S/C12H24N2O3/c1-11(2,3)8(6-9(15)16)14-10(17)12(4,5)7-13/h8H,6-7,13H2,1-5H3,(H,14,17)(H,15,16). The largest absolute Gasteiger partial charge is 0.481 e. The summed E-state index contributed by atoms with van der Waals surface area (Å²) in [5, 5.41) is 11.6. The molecule has 0 saturated carbocycles. The Bertz CT molecular complexity index is 293. The van der Waals surface area contributed by atoms with E-state index >= 15 is 0 Å². The van der Waals surface area contributed by atoms with E-state index in [1.54, 1.807) is 13.8 Å². The van der Waals surface area contributed by atoms with Crippen molar-refractivity contribution in [2.45, 2.75) is 47.1 Å². The second kappa shape index (κ2) is 5.49. The van der Waals surface area contributed by atoms with E-state index in [4.69, 9.17) is 10.8 Å². The zero-order valence-electron chi connectivity index (χ0n) is 11.3. The van der Waals surface area contributed by atoms with Gasteiger partial charge in [0, 0.05) is 12.6 Å². The number of carboxylic acid groups (broad SMARTS) is 1. The molecule has 1 unspecified atom stereocenters. The molecule has 0 rings (SSSR count). The molecule has 0 spiro atoms. The summed E-state index contributed by atoms with van der Waals surface area (Å²) in [6.07, 6.45) is -0.0874. The lowest BCUT2D eigenvalue weighted by Gasteiger charge is -2.33. The maximum atomic E-state index is 12.0. The maximum absolute atomic E-state index is 12.0. The van der Waals surface area contributed by atoms with Gasteiger partial charge in [-0.1, -0.05) is 20.8 Å². The monoisotopic (exact) mass is 244 g/mol. The van der Waals surface area contributed by atoms with Crippen molar-refractivity contribution in [1.29, 1.82) is 0 Å². The van der Waals surface area contributed by atoms with Gasteiger partial charge in [-0.25, -0.2) is 0 Å². The van der Waals surface area contributed by atoms with Crippen LogP contribution in [0.3, 0.4) is 0 Å². The smallest absolute Gasteiger partial charge is 0.305 e. The first-order chi connectivity index (χ1) is 7.50. The summed E-state index contributed by atoms with van der Waals surface area (Å²) in [6, 6.07) is -0.404. The minimum atomic E-state index is -0.921. The van der Waals surface area contributed by atoms with Gasteiger partial charge < -0.3 is 16.2 Å². The van der Waals surface area contributed by atoms with E-state index in [0.29, 0.717) is 0 Å². The number of carboxylic acids is 1. The fourth-order valence-electron chi connectivity index (χ4n) is 1.19. The van der Waals surface area contributed by atoms with Gasteiger partial charge in [-0.3, -0.25) is 9.59 Å². The van der Waals surface area contributed by atoms with Crippen molar-refractivity contribution in [3.05, 3.63) is 0 Å². The Morgan fingerprint density at radius 2 is 1.71 bits per heavy atom. The molecule has 0 bridgehead atoms. The van der Waals surface area contributed by atoms with Crippen LogP contribution in [0.15, 0.2) is 0 Å². The van der Waals surface area contributed by atoms with Gasteiger partial charge in [0.15, 0.2) is 0 Å². The summed E-state index contributed by atoms with van der Waals surface area (Å²) >= 11 is 0. The van der Waals surface area contributed by atoms with Gasteiger partial charge in [0.05, 0.1) is 11.8 Å². The van der Waals surface area contributed by atoms with E-state index in [9.17, 15) is 9.59 Å². The number of hydrogen-bond acceptors (Lipinski definition) is 3. The molecule has 5 heteroatoms. The van der Waals surface area contributed by atoms with Crippen molar-refractivity contribution in [3.63, 3.8) is 0 Å². The van der Waals surface area contributed by atoms with Gasteiger partial charge in [0.1, 0.15) is 0 Å². The van der Waals surface area contributed by atoms with Crippen molar-refractivity contribution in [2.24, 2.45) is 16.6 Å². The van der Waals surface area contributed by atoms with Gasteiger partial charge in [0.2, 0.25) is 5.91 Å². The Hall–Kier alpha value is -1.10. The highest BCUT2D eigenvalue weighted by Gasteiger charge is 2.33. The maximum Gasteiger partial charge on any atom is 0.305 e. The third kappa shape index (κ3) is 5.17. The van der Waals surface area contributed by atoms with Crippen LogP contribution >= 0.6 is 0 Å². The van der Waals surface area contributed by atoms with Crippen LogP contribution in [0.25, 0.3) is 0 Å². The van der Waals surface area contributed by atoms with Gasteiger partial charge >= 0.3 is 5.97 Å². The topological polar surface area (TPSA) is 92.4 Å². The van der Waals surface area contributed by atoms with Crippen LogP contribution in [-0.2, 0) is 9.59 Å². The van der Waals surface area contributed by atoms with E-state index in [2.05, 4.69) is 5.32 Å². The summed E-state index contributed by atoms with van der Waals surface area (Å²) in [7, 11) is 0. The van der Waals surface area contributed by atoms with Gasteiger partial charge in [0.25, 0.3) is 0 Å². The quantitative estimate of drug-likeness (QED) is 0.672. The molecule has 0 radical (unpaired) electrons. The fraction of sp³-hybridized carbons (Fsp3) is 0.833. The molecule has 0 saturated heterocycles. The first-order valence-corrected chi connectivity index (χ1v) is 5.73. The van der Waals surface area contributed by atoms with Crippen LogP contribution in [0.5, 0.6) is 0 Å². The third-order valence-electron chi connectivity index (χ3n) is 2.85. The molecule has 0 aromatic carbocycles. The Balaban J connectivity index is 4.77. The Kier molecular flexibility index (Phi) is 5.13. The Labute approximate surface area is 103 Å². The molecule has 0 aliphatic rings. The highest BCUT2D eigenvalue weighted by molar-refractivity contribution is 5.83. The number of carbonyl (C=O) groups is 2. The van der Waals surface area contributed by atoms with Crippen molar-refractivity contribution < 1.29 is 14.7 Å². The van der Waals surface area contributed by atoms with Gasteiger partial charge in [-0.05, 0) is 19.3 Å². The van der Waals surface area contributed by atoms with Crippen molar-refractivity contribution in [2.75, 3.05) is 6.54 Å². The number of hydrogen-bond donors (Lipinski definition) is 3. The zero-order chi connectivity index (χ0) is 13.9. The summed E-state index contributed by atoms with van der Waals surface area (Å²) in [5.41, 5.74) is 4.53. The zero-order valence-corrected chi connectivity index (χ0v) is 11.3. The second-order valence-electron chi connectivity index (χ2n) is 6.08. The third-order valence-corrected chi connectivity index (χ3v) is 2.85. The number of amides is 1. The average molecular weight is 244 g/mol. The molecule has 4 N–H and O–H groups in total. The lowest BCUT2D eigenvalue weighted by Crippen LogP contribution is -2.51. The molecular weight excluding hydrogens is 220 g/mol. The molecule has 1 amide bonds. The number of carbonyl (C=O) groups excluding carboxylic acids is 1. The average Bonchev–Trinajstić information content (AvgIpc) is 2.14. The minimum absolute atomic E-state index is 0.0874. The van der Waals surface area contributed by atoms with Crippen molar-refractivity contribution in [1.82, 2.24) is 5.32 Å². The summed E-state index contributed by atoms with van der Waals surface area (Å²) in [5.74, 6) is -1.13. The van der Waals surface area contributed by atoms with E-state index < -0.39 is 17.4 Å². The highest BCUT2D eigenvalue weighted by atomic mass is 16.4. The summed E-state index contributed by atoms with van der Waals surface area (Å²) in [4.78, 5) is 22.7. The van der Waals surface area contributed by atoms with E-state index in [1.807, 2.05) is 20.8 Å². The van der Waals surface area contributed by atoms with E-state index in [1.165, 1.54) is 0 Å². The summed E-state index contributed by atoms with van der Waals surface area (Å²) < 4.78 is 0. The normalized spacial score (nSPS) is 14.2. The van der Waals surface area contributed by atoms with Crippen LogP contribution in [-0.4, -0.2) is 29.6 Å². The van der Waals surface area contributed by atoms with Crippen LogP contribution in [0.2, 0.25) is 0 Å². The molecular formula is C12H24N2O3. The van der Waals surface area contributed by atoms with Crippen LogP contribution in [0.1, 0.15) is 41.0 Å². The number of rotatable bonds is 5. The van der Waals surface area contributed by atoms with Crippen LogP contribution in [0.4, 0.5) is 0 Å². The second-order valence-corrected chi connectivity index (χ2v) is 6.08. The van der Waals surface area contributed by atoms with Crippen LogP contribution in [0, 0.1) is 10.8 Å². The molecule has 17 heavy (non-hydrogen) atoms. The molecule has 0 heterocycles. The lowest BCUT2D eigenvalue weighted by atomic mass is 9.83. The van der Waals surface area contributed by atoms with Crippen LogP contribution < -0.4 is 11.1 Å². The lowest BCUT2D eigenvalue weighted by molar-refractivity contribution is -0.139. The van der Waals surface area contributed by atoms with E-state index in [0.717, 1.165) is 0 Å². The first kappa shape index (κ1) is 15.9. The molecule has 0 aromatic heterocycles. The van der Waals surface area contributed by atoms with Crippen molar-refractivity contribution >= 4 is 11.9 Å². The highest BCUT2D eigenvalue weighted by Crippen LogP contribution is 2.23. The van der Waals surface area contributed by atoms with Crippen molar-refractivity contribution in [3.8, 4) is 0 Å². The first-order valence-electron chi connectivity index (χ1n) is 5.73. The molecule has 100 valence electrons. The number of aliphatic carboxylic acids is 1. The molecule has 5 nitrogen and oxygen atoms in total. The van der Waals surface area contributed by atoms with E-state index in [-0.39, 0.29) is 24.3 Å². The predicted molar refractivity (Wildman–Crippen MR) is 66.5 cm³/mol. The number of nitrogens with one attached hydrogen (secondary N) is 1. The molecule has 0 fully saturated rings. The molecule has 0 aliphatic heterocycles. The molecule has 0 aromatic rings. The Morgan fingerprint density at radius 3 is 2.00 bits per heavy atom. The SMILES string of the molecule is CC(C)(CN)C(=O)NC(CC(=O)O)C(C)(C)C. The van der Waals surface area contributed by atoms with Gasteiger partial charge in [-0.2, -0.15) is 0 Å². The van der Waals surface area contributed by atoms with Gasteiger partial charge in [-0.15, -0.1) is 0 Å².